The molecule has 19 heavy (non-hydrogen) atoms. The number of benzene rings is 1. The maximum absolute atomic E-state index is 11.2. The van der Waals surface area contributed by atoms with E-state index in [1.54, 1.807) is 25.1 Å². The fourth-order valence-electron chi connectivity index (χ4n) is 1.57. The SMILES string of the molecule is CCOC(=O)COc1cccc2oc(=O)c(O)cc12. The van der Waals surface area contributed by atoms with Gasteiger partial charge in [0.15, 0.2) is 6.61 Å². The molecule has 0 aliphatic rings. The first-order valence-electron chi connectivity index (χ1n) is 5.66. The van der Waals surface area contributed by atoms with Crippen LogP contribution in [0.15, 0.2) is 33.5 Å². The third kappa shape index (κ3) is 2.85. The Morgan fingerprint density at radius 2 is 2.21 bits per heavy atom. The van der Waals surface area contributed by atoms with Gasteiger partial charge < -0.3 is 19.0 Å². The fourth-order valence-corrected chi connectivity index (χ4v) is 1.57. The summed E-state index contributed by atoms with van der Waals surface area (Å²) in [4.78, 5) is 22.4. The van der Waals surface area contributed by atoms with Crippen LogP contribution in [-0.4, -0.2) is 24.3 Å². The molecule has 0 unspecified atom stereocenters. The molecule has 0 bridgehead atoms. The van der Waals surface area contributed by atoms with Crippen molar-refractivity contribution in [2.24, 2.45) is 0 Å². The van der Waals surface area contributed by atoms with Gasteiger partial charge >= 0.3 is 11.6 Å². The van der Waals surface area contributed by atoms with E-state index >= 15 is 0 Å². The quantitative estimate of drug-likeness (QED) is 0.664. The molecule has 0 fully saturated rings. The molecule has 1 heterocycles. The first-order valence-corrected chi connectivity index (χ1v) is 5.66. The second-order valence-corrected chi connectivity index (χ2v) is 3.68. The Morgan fingerprint density at radius 1 is 1.42 bits per heavy atom. The normalized spacial score (nSPS) is 10.4. The smallest absolute Gasteiger partial charge is 0.378 e. The Morgan fingerprint density at radius 3 is 2.95 bits per heavy atom. The van der Waals surface area contributed by atoms with E-state index in [1.807, 2.05) is 0 Å². The van der Waals surface area contributed by atoms with Gasteiger partial charge in [0.25, 0.3) is 0 Å². The van der Waals surface area contributed by atoms with Crippen LogP contribution in [0, 0.1) is 0 Å². The molecular formula is C13H12O6. The van der Waals surface area contributed by atoms with Gasteiger partial charge in [-0.1, -0.05) is 6.07 Å². The largest absolute Gasteiger partial charge is 0.502 e. The molecule has 100 valence electrons. The zero-order valence-corrected chi connectivity index (χ0v) is 10.2. The number of fused-ring (bicyclic) bond motifs is 1. The molecule has 0 aliphatic heterocycles. The lowest BCUT2D eigenvalue weighted by Crippen LogP contribution is -2.14. The average molecular weight is 264 g/mol. The lowest BCUT2D eigenvalue weighted by atomic mass is 10.2. The first-order chi connectivity index (χ1) is 9.11. The fraction of sp³-hybridized carbons (Fsp3) is 0.231. The number of hydrogen-bond acceptors (Lipinski definition) is 6. The van der Waals surface area contributed by atoms with Crippen molar-refractivity contribution >= 4 is 16.9 Å². The zero-order chi connectivity index (χ0) is 13.8. The van der Waals surface area contributed by atoms with Crippen LogP contribution in [0.3, 0.4) is 0 Å². The predicted molar refractivity (Wildman–Crippen MR) is 66.3 cm³/mol. The Balaban J connectivity index is 2.30. The molecule has 0 radical (unpaired) electrons. The Kier molecular flexibility index (Phi) is 3.70. The summed E-state index contributed by atoms with van der Waals surface area (Å²) in [6.07, 6.45) is 0. The Hall–Kier alpha value is -2.50. The van der Waals surface area contributed by atoms with Gasteiger partial charge in [0.2, 0.25) is 5.75 Å². The second-order valence-electron chi connectivity index (χ2n) is 3.68. The Bertz CT molecular complexity index is 658. The first kappa shape index (κ1) is 12.9. The van der Waals surface area contributed by atoms with Crippen molar-refractivity contribution in [1.82, 2.24) is 0 Å². The van der Waals surface area contributed by atoms with Crippen molar-refractivity contribution in [3.63, 3.8) is 0 Å². The molecule has 6 nitrogen and oxygen atoms in total. The van der Waals surface area contributed by atoms with E-state index in [4.69, 9.17) is 13.9 Å². The van der Waals surface area contributed by atoms with Crippen molar-refractivity contribution in [3.8, 4) is 11.5 Å². The van der Waals surface area contributed by atoms with Gasteiger partial charge in [-0.2, -0.15) is 0 Å². The van der Waals surface area contributed by atoms with Gasteiger partial charge in [-0.3, -0.25) is 0 Å². The third-order valence-corrected chi connectivity index (χ3v) is 2.37. The van der Waals surface area contributed by atoms with Crippen molar-refractivity contribution in [1.29, 1.82) is 0 Å². The van der Waals surface area contributed by atoms with E-state index in [9.17, 15) is 14.7 Å². The number of esters is 1. The van der Waals surface area contributed by atoms with Crippen molar-refractivity contribution in [2.75, 3.05) is 13.2 Å². The molecule has 0 saturated carbocycles. The maximum Gasteiger partial charge on any atom is 0.378 e. The van der Waals surface area contributed by atoms with Crippen LogP contribution in [0.5, 0.6) is 11.5 Å². The zero-order valence-electron chi connectivity index (χ0n) is 10.2. The third-order valence-electron chi connectivity index (χ3n) is 2.37. The minimum atomic E-state index is -0.824. The summed E-state index contributed by atoms with van der Waals surface area (Å²) in [6.45, 7) is 1.71. The van der Waals surface area contributed by atoms with E-state index in [2.05, 4.69) is 0 Å². The van der Waals surface area contributed by atoms with Crippen LogP contribution < -0.4 is 10.4 Å². The van der Waals surface area contributed by atoms with Crippen molar-refractivity contribution in [3.05, 3.63) is 34.7 Å². The van der Waals surface area contributed by atoms with Gasteiger partial charge in [0.05, 0.1) is 12.0 Å². The highest BCUT2D eigenvalue weighted by Crippen LogP contribution is 2.26. The summed E-state index contributed by atoms with van der Waals surface area (Å²) in [5.41, 5.74) is -0.556. The molecular weight excluding hydrogens is 252 g/mol. The topological polar surface area (TPSA) is 86.0 Å². The molecule has 1 aromatic carbocycles. The van der Waals surface area contributed by atoms with Crippen LogP contribution in [0.2, 0.25) is 0 Å². The molecule has 1 aromatic heterocycles. The second kappa shape index (κ2) is 5.43. The van der Waals surface area contributed by atoms with Gasteiger partial charge in [0.1, 0.15) is 11.3 Å². The predicted octanol–water partition coefficient (Wildman–Crippen LogP) is 1.44. The highest BCUT2D eigenvalue weighted by molar-refractivity contribution is 5.84. The summed E-state index contributed by atoms with van der Waals surface area (Å²) in [6, 6.07) is 6.01. The summed E-state index contributed by atoms with van der Waals surface area (Å²) in [5, 5.41) is 9.76. The molecule has 0 atom stereocenters. The van der Waals surface area contributed by atoms with Gasteiger partial charge in [-0.15, -0.1) is 0 Å². The van der Waals surface area contributed by atoms with Crippen LogP contribution in [0.4, 0.5) is 0 Å². The summed E-state index contributed by atoms with van der Waals surface area (Å²) >= 11 is 0. The minimum Gasteiger partial charge on any atom is -0.502 e. The van der Waals surface area contributed by atoms with Crippen molar-refractivity contribution in [2.45, 2.75) is 6.92 Å². The minimum absolute atomic E-state index is 0.257. The number of carbonyl (C=O) groups excluding carboxylic acids is 1. The molecule has 0 aliphatic carbocycles. The molecule has 2 rings (SSSR count). The van der Waals surface area contributed by atoms with Crippen LogP contribution >= 0.6 is 0 Å². The number of carbonyl (C=O) groups is 1. The summed E-state index contributed by atoms with van der Waals surface area (Å²) in [7, 11) is 0. The molecule has 0 amide bonds. The molecule has 6 heteroatoms. The van der Waals surface area contributed by atoms with Crippen molar-refractivity contribution < 1.29 is 23.8 Å². The van der Waals surface area contributed by atoms with E-state index in [0.29, 0.717) is 11.1 Å². The number of ether oxygens (including phenoxy) is 2. The number of hydrogen-bond donors (Lipinski definition) is 1. The number of rotatable bonds is 4. The van der Waals surface area contributed by atoms with Crippen LogP contribution in [0.25, 0.3) is 11.0 Å². The van der Waals surface area contributed by atoms with E-state index in [-0.39, 0.29) is 18.8 Å². The van der Waals surface area contributed by atoms with Gasteiger partial charge in [-0.25, -0.2) is 9.59 Å². The molecule has 2 aromatic rings. The summed E-state index contributed by atoms with van der Waals surface area (Å²) < 4.78 is 14.9. The van der Waals surface area contributed by atoms with Gasteiger partial charge in [0, 0.05) is 6.07 Å². The summed E-state index contributed by atoms with van der Waals surface area (Å²) in [5.74, 6) is -0.689. The maximum atomic E-state index is 11.2. The number of aromatic hydroxyl groups is 1. The standard InChI is InChI=1S/C13H12O6/c1-2-17-12(15)7-18-10-4-3-5-11-8(10)6-9(14)13(16)19-11/h3-6,14H,2,7H2,1H3. The molecule has 1 N–H and O–H groups in total. The van der Waals surface area contributed by atoms with E-state index in [1.165, 1.54) is 6.07 Å². The van der Waals surface area contributed by atoms with Gasteiger partial charge in [-0.05, 0) is 19.1 Å². The van der Waals surface area contributed by atoms with E-state index in [0.717, 1.165) is 0 Å². The molecule has 0 saturated heterocycles. The van der Waals surface area contributed by atoms with Crippen LogP contribution in [0.1, 0.15) is 6.92 Å². The Labute approximate surface area is 108 Å². The molecule has 0 spiro atoms. The highest BCUT2D eigenvalue weighted by atomic mass is 16.6. The highest BCUT2D eigenvalue weighted by Gasteiger charge is 2.10. The van der Waals surface area contributed by atoms with Crippen LogP contribution in [-0.2, 0) is 9.53 Å². The lowest BCUT2D eigenvalue weighted by molar-refractivity contribution is -0.145. The van der Waals surface area contributed by atoms with E-state index < -0.39 is 17.3 Å². The lowest BCUT2D eigenvalue weighted by Gasteiger charge is -2.08. The average Bonchev–Trinajstić information content (AvgIpc) is 2.38. The monoisotopic (exact) mass is 264 g/mol.